The third-order valence-corrected chi connectivity index (χ3v) is 4.09. The summed E-state index contributed by atoms with van der Waals surface area (Å²) in [5, 5.41) is 37.4. The van der Waals surface area contributed by atoms with Gasteiger partial charge in [0, 0.05) is 11.8 Å². The number of hydrogen-bond acceptors (Lipinski definition) is 5. The second-order valence-electron chi connectivity index (χ2n) is 2.87. The van der Waals surface area contributed by atoms with Crippen molar-refractivity contribution in [1.82, 2.24) is 10.6 Å². The van der Waals surface area contributed by atoms with E-state index in [-0.39, 0.29) is 0 Å². The number of hydrogen-bond donors (Lipinski definition) is 4. The van der Waals surface area contributed by atoms with E-state index < -0.39 is 23.8 Å². The maximum absolute atomic E-state index is 10.1. The molecule has 4 N–H and O–H groups in total. The van der Waals surface area contributed by atoms with Crippen LogP contribution in [0, 0.1) is 22.7 Å². The molecule has 7 nitrogen and oxygen atoms in total. The highest BCUT2D eigenvalue weighted by atomic mass is 79.9. The lowest BCUT2D eigenvalue weighted by Gasteiger charge is -2.12. The summed E-state index contributed by atoms with van der Waals surface area (Å²) < 4.78 is -0.553. The Morgan fingerprint density at radius 3 is 2.06 bits per heavy atom. The normalized spacial score (nSPS) is 11.9. The lowest BCUT2D eigenvalue weighted by Crippen LogP contribution is -2.36. The van der Waals surface area contributed by atoms with E-state index in [2.05, 4.69) is 37.9 Å². The van der Waals surface area contributed by atoms with Crippen molar-refractivity contribution in [3.05, 3.63) is 0 Å². The molecule has 102 valence electrons. The standard InChI is InChI=1S/C6H6Br2N2.C3H8N2O3/c7-4-6(8,5-10)2-1-3-9;6-1-4-3(8)5-2-7/h1-2,4H2;6-7H,1-2H2,(H2,4,5,8). The number of halogens is 2. The molecule has 0 aliphatic rings. The molecule has 2 amide bonds. The molecule has 0 aromatic heterocycles. The molecule has 9 heteroatoms. The molecule has 0 aliphatic heterocycles. The monoisotopic (exact) mass is 384 g/mol. The first-order valence-corrected chi connectivity index (χ1v) is 6.67. The summed E-state index contributed by atoms with van der Waals surface area (Å²) in [5.74, 6) is 0. The molecule has 0 radical (unpaired) electrons. The number of nitrogens with zero attached hydrogens (tertiary/aromatic N) is 2. The number of urea groups is 1. The average Bonchev–Trinajstić information content (AvgIpc) is 2.37. The largest absolute Gasteiger partial charge is 0.376 e. The van der Waals surface area contributed by atoms with Crippen molar-refractivity contribution < 1.29 is 15.0 Å². The molecule has 1 unspecified atom stereocenters. The summed E-state index contributed by atoms with van der Waals surface area (Å²) in [6, 6.07) is 3.48. The number of nitriles is 2. The van der Waals surface area contributed by atoms with Crippen LogP contribution in [-0.4, -0.2) is 39.4 Å². The Morgan fingerprint density at radius 1 is 1.28 bits per heavy atom. The number of alkyl halides is 2. The summed E-state index contributed by atoms with van der Waals surface area (Å²) >= 11 is 6.41. The average molecular weight is 386 g/mol. The van der Waals surface area contributed by atoms with E-state index in [4.69, 9.17) is 20.7 Å². The van der Waals surface area contributed by atoms with Gasteiger partial charge in [-0.25, -0.2) is 4.79 Å². The van der Waals surface area contributed by atoms with Crippen LogP contribution in [0.5, 0.6) is 0 Å². The second-order valence-corrected chi connectivity index (χ2v) is 4.95. The van der Waals surface area contributed by atoms with Gasteiger partial charge in [-0.3, -0.25) is 0 Å². The van der Waals surface area contributed by atoms with Crippen molar-refractivity contribution in [2.24, 2.45) is 0 Å². The predicted molar refractivity (Wildman–Crippen MR) is 71.8 cm³/mol. The van der Waals surface area contributed by atoms with Gasteiger partial charge >= 0.3 is 6.03 Å². The van der Waals surface area contributed by atoms with Crippen molar-refractivity contribution in [1.29, 1.82) is 10.5 Å². The summed E-state index contributed by atoms with van der Waals surface area (Å²) in [7, 11) is 0. The SMILES string of the molecule is N#CCCC(Br)(C#N)CBr.O=C(NCO)NCO. The minimum Gasteiger partial charge on any atom is -0.376 e. The van der Waals surface area contributed by atoms with Gasteiger partial charge in [0.2, 0.25) is 0 Å². The van der Waals surface area contributed by atoms with Gasteiger partial charge in [-0.15, -0.1) is 0 Å². The fourth-order valence-electron chi connectivity index (χ4n) is 0.613. The Hall–Kier alpha value is -0.870. The van der Waals surface area contributed by atoms with Gasteiger partial charge in [-0.2, -0.15) is 10.5 Å². The van der Waals surface area contributed by atoms with Gasteiger partial charge in [0.25, 0.3) is 0 Å². The Morgan fingerprint density at radius 2 is 1.78 bits per heavy atom. The lowest BCUT2D eigenvalue weighted by molar-refractivity contribution is 0.201. The maximum Gasteiger partial charge on any atom is 0.318 e. The van der Waals surface area contributed by atoms with Gasteiger partial charge < -0.3 is 20.8 Å². The second kappa shape index (κ2) is 12.6. The van der Waals surface area contributed by atoms with Gasteiger partial charge in [0.1, 0.15) is 17.8 Å². The molecule has 0 saturated heterocycles. The van der Waals surface area contributed by atoms with E-state index >= 15 is 0 Å². The first-order chi connectivity index (χ1) is 8.49. The minimum atomic E-state index is -0.588. The van der Waals surface area contributed by atoms with Crippen molar-refractivity contribution in [3.8, 4) is 12.1 Å². The Labute approximate surface area is 122 Å². The van der Waals surface area contributed by atoms with Gasteiger partial charge in [0.15, 0.2) is 0 Å². The summed E-state index contributed by atoms with van der Waals surface area (Å²) in [6.07, 6.45) is 0.968. The van der Waals surface area contributed by atoms with E-state index in [1.165, 1.54) is 0 Å². The topological polar surface area (TPSA) is 129 Å². The zero-order chi connectivity index (χ0) is 14.4. The first-order valence-electron chi connectivity index (χ1n) is 4.76. The quantitative estimate of drug-likeness (QED) is 0.405. The predicted octanol–water partition coefficient (Wildman–Crippen LogP) is 0.528. The molecular weight excluding hydrogens is 372 g/mol. The van der Waals surface area contributed by atoms with Crippen molar-refractivity contribution in [2.75, 3.05) is 18.8 Å². The van der Waals surface area contributed by atoms with E-state index in [0.717, 1.165) is 0 Å². The number of amides is 2. The van der Waals surface area contributed by atoms with Crippen molar-refractivity contribution >= 4 is 37.9 Å². The van der Waals surface area contributed by atoms with E-state index in [1.807, 2.05) is 16.7 Å². The molecule has 0 bridgehead atoms. The number of aliphatic hydroxyl groups excluding tert-OH is 2. The van der Waals surface area contributed by atoms with Crippen LogP contribution in [0.25, 0.3) is 0 Å². The van der Waals surface area contributed by atoms with Crippen LogP contribution >= 0.6 is 31.9 Å². The number of nitrogens with one attached hydrogen (secondary N) is 2. The molecule has 0 heterocycles. The molecule has 0 aromatic rings. The highest BCUT2D eigenvalue weighted by molar-refractivity contribution is 9.12. The van der Waals surface area contributed by atoms with Crippen LogP contribution in [-0.2, 0) is 0 Å². The first kappa shape index (κ1) is 19.5. The number of carbonyl (C=O) groups is 1. The Balaban J connectivity index is 0. The number of rotatable bonds is 5. The molecule has 0 saturated carbocycles. The van der Waals surface area contributed by atoms with Crippen LogP contribution < -0.4 is 10.6 Å². The minimum absolute atomic E-state index is 0.407. The molecule has 0 spiro atoms. The fourth-order valence-corrected chi connectivity index (χ4v) is 1.22. The number of aliphatic hydroxyl groups is 2. The van der Waals surface area contributed by atoms with Crippen LogP contribution in [0.3, 0.4) is 0 Å². The summed E-state index contributed by atoms with van der Waals surface area (Å²) in [5.41, 5.74) is 0. The van der Waals surface area contributed by atoms with Crippen molar-refractivity contribution in [2.45, 2.75) is 17.2 Å². The van der Waals surface area contributed by atoms with E-state index in [0.29, 0.717) is 18.2 Å². The zero-order valence-corrected chi connectivity index (χ0v) is 12.7. The Kier molecular flexibility index (Phi) is 13.6. The van der Waals surface area contributed by atoms with Crippen molar-refractivity contribution in [3.63, 3.8) is 0 Å². The van der Waals surface area contributed by atoms with Gasteiger partial charge in [-0.05, 0) is 6.42 Å². The summed E-state index contributed by atoms with van der Waals surface area (Å²) in [6.45, 7) is -0.850. The number of carbonyl (C=O) groups excluding carboxylic acids is 1. The van der Waals surface area contributed by atoms with Gasteiger partial charge in [0.05, 0.1) is 12.1 Å². The van der Waals surface area contributed by atoms with Crippen LogP contribution in [0.2, 0.25) is 0 Å². The fraction of sp³-hybridized carbons (Fsp3) is 0.667. The lowest BCUT2D eigenvalue weighted by atomic mass is 10.1. The third-order valence-electron chi connectivity index (χ3n) is 1.52. The van der Waals surface area contributed by atoms with Crippen LogP contribution in [0.1, 0.15) is 12.8 Å². The molecule has 1 atom stereocenters. The molecule has 18 heavy (non-hydrogen) atoms. The van der Waals surface area contributed by atoms with E-state index in [1.54, 1.807) is 0 Å². The molecule has 0 aromatic carbocycles. The van der Waals surface area contributed by atoms with E-state index in [9.17, 15) is 4.79 Å². The van der Waals surface area contributed by atoms with Crippen LogP contribution in [0.4, 0.5) is 4.79 Å². The molecular formula is C9H14Br2N4O3. The highest BCUT2D eigenvalue weighted by Gasteiger charge is 2.23. The maximum atomic E-state index is 10.1. The zero-order valence-electron chi connectivity index (χ0n) is 9.49. The summed E-state index contributed by atoms with van der Waals surface area (Å²) in [4.78, 5) is 10.1. The molecule has 0 aliphatic carbocycles. The molecule has 0 fully saturated rings. The smallest absolute Gasteiger partial charge is 0.318 e. The van der Waals surface area contributed by atoms with Crippen LogP contribution in [0.15, 0.2) is 0 Å². The van der Waals surface area contributed by atoms with Gasteiger partial charge in [-0.1, -0.05) is 31.9 Å². The highest BCUT2D eigenvalue weighted by Crippen LogP contribution is 2.25. The molecule has 0 rings (SSSR count). The Bertz CT molecular complexity index is 308. The third kappa shape index (κ3) is 11.6.